The number of rotatable bonds is 1. The molecule has 0 radical (unpaired) electrons. The van der Waals surface area contributed by atoms with Crippen LogP contribution in [0.4, 0.5) is 5.69 Å². The molecule has 1 aliphatic heterocycles. The molecule has 1 heterocycles. The van der Waals surface area contributed by atoms with E-state index in [-0.39, 0.29) is 0 Å². The first kappa shape index (κ1) is 7.66. The van der Waals surface area contributed by atoms with Crippen molar-refractivity contribution >= 4 is 5.69 Å². The maximum atomic E-state index is 2.45. The van der Waals surface area contributed by atoms with E-state index in [1.54, 1.807) is 5.56 Å². The van der Waals surface area contributed by atoms with Crippen molar-refractivity contribution in [1.29, 1.82) is 0 Å². The molecule has 1 nitrogen and oxygen atoms in total. The predicted molar refractivity (Wildman–Crippen MR) is 52.8 cm³/mol. The van der Waals surface area contributed by atoms with Crippen LogP contribution in [0.5, 0.6) is 0 Å². The summed E-state index contributed by atoms with van der Waals surface area (Å²) in [5, 5.41) is 0. The van der Waals surface area contributed by atoms with Gasteiger partial charge in [0.2, 0.25) is 0 Å². The van der Waals surface area contributed by atoms with Crippen LogP contribution in [0.25, 0.3) is 0 Å². The maximum absolute atomic E-state index is 2.45. The molecule has 1 aromatic rings. The van der Waals surface area contributed by atoms with Gasteiger partial charge in [-0.05, 0) is 37.5 Å². The van der Waals surface area contributed by atoms with Gasteiger partial charge in [0.25, 0.3) is 0 Å². The monoisotopic (exact) mass is 161 g/mol. The van der Waals surface area contributed by atoms with E-state index in [1.165, 1.54) is 24.2 Å². The molecule has 0 amide bonds. The minimum Gasteiger partial charge on any atom is -0.371 e. The lowest BCUT2D eigenvalue weighted by Gasteiger charge is -2.16. The van der Waals surface area contributed by atoms with Crippen molar-refractivity contribution in [2.75, 3.05) is 18.0 Å². The lowest BCUT2D eigenvalue weighted by atomic mass is 10.1. The molecule has 64 valence electrons. The second-order valence-electron chi connectivity index (χ2n) is 3.40. The highest BCUT2D eigenvalue weighted by Gasteiger charge is 2.17. The number of anilines is 1. The fraction of sp³-hybridized carbons (Fsp3) is 0.455. The van der Waals surface area contributed by atoms with Crippen LogP contribution in [0.15, 0.2) is 18.2 Å². The third kappa shape index (κ3) is 1.01. The molecule has 0 aromatic heterocycles. The van der Waals surface area contributed by atoms with E-state index < -0.39 is 0 Å². The first-order valence-electron chi connectivity index (χ1n) is 4.66. The zero-order valence-electron chi connectivity index (χ0n) is 7.80. The van der Waals surface area contributed by atoms with Crippen LogP contribution in [0.3, 0.4) is 0 Å². The van der Waals surface area contributed by atoms with Crippen molar-refractivity contribution in [3.63, 3.8) is 0 Å². The summed E-state index contributed by atoms with van der Waals surface area (Å²) >= 11 is 0. The molecule has 1 aliphatic rings. The summed E-state index contributed by atoms with van der Waals surface area (Å²) in [5.74, 6) is 0. The maximum Gasteiger partial charge on any atom is 0.0402 e. The minimum absolute atomic E-state index is 1.14. The van der Waals surface area contributed by atoms with E-state index in [0.29, 0.717) is 0 Å². The number of nitrogens with zero attached hydrogens (tertiary/aromatic N) is 1. The minimum atomic E-state index is 1.14. The van der Waals surface area contributed by atoms with Crippen LogP contribution in [0.2, 0.25) is 0 Å². The first-order chi connectivity index (χ1) is 5.83. The second-order valence-corrected chi connectivity index (χ2v) is 3.40. The van der Waals surface area contributed by atoms with E-state index >= 15 is 0 Å². The van der Waals surface area contributed by atoms with Gasteiger partial charge in [-0.25, -0.2) is 0 Å². The molecule has 0 saturated carbocycles. The van der Waals surface area contributed by atoms with Crippen molar-refractivity contribution < 1.29 is 0 Å². The molecule has 0 atom stereocenters. The summed E-state index contributed by atoms with van der Waals surface area (Å²) < 4.78 is 0. The summed E-state index contributed by atoms with van der Waals surface area (Å²) in [4.78, 5) is 2.45. The van der Waals surface area contributed by atoms with E-state index in [9.17, 15) is 0 Å². The molecule has 0 saturated heterocycles. The van der Waals surface area contributed by atoms with Crippen LogP contribution in [0.1, 0.15) is 18.1 Å². The van der Waals surface area contributed by atoms with Crippen LogP contribution in [-0.4, -0.2) is 13.1 Å². The normalized spacial score (nSPS) is 15.0. The van der Waals surface area contributed by atoms with Crippen molar-refractivity contribution in [3.8, 4) is 0 Å². The predicted octanol–water partition coefficient (Wildman–Crippen LogP) is 2.38. The topological polar surface area (TPSA) is 3.24 Å². The van der Waals surface area contributed by atoms with Gasteiger partial charge < -0.3 is 4.90 Å². The van der Waals surface area contributed by atoms with Gasteiger partial charge in [-0.2, -0.15) is 0 Å². The number of benzene rings is 1. The summed E-state index contributed by atoms with van der Waals surface area (Å²) in [7, 11) is 0. The Labute approximate surface area is 74.0 Å². The Balaban J connectivity index is 2.46. The number of likely N-dealkylation sites (N-methyl/N-ethyl adjacent to an activating group) is 1. The number of fused-ring (bicyclic) bond motifs is 1. The zero-order chi connectivity index (χ0) is 8.55. The highest BCUT2D eigenvalue weighted by molar-refractivity contribution is 5.60. The smallest absolute Gasteiger partial charge is 0.0402 e. The van der Waals surface area contributed by atoms with Crippen molar-refractivity contribution in [1.82, 2.24) is 0 Å². The molecule has 0 aliphatic carbocycles. The molecule has 1 heteroatoms. The Kier molecular flexibility index (Phi) is 1.80. The van der Waals surface area contributed by atoms with Crippen molar-refractivity contribution in [3.05, 3.63) is 29.3 Å². The largest absolute Gasteiger partial charge is 0.371 e. The van der Waals surface area contributed by atoms with Crippen LogP contribution in [0, 0.1) is 6.92 Å². The Morgan fingerprint density at radius 3 is 3.00 bits per heavy atom. The van der Waals surface area contributed by atoms with Gasteiger partial charge in [-0.3, -0.25) is 0 Å². The average Bonchev–Trinajstić information content (AvgIpc) is 2.49. The third-order valence-corrected chi connectivity index (χ3v) is 2.74. The lowest BCUT2D eigenvalue weighted by molar-refractivity contribution is 0.867. The molecule has 0 fully saturated rings. The van der Waals surface area contributed by atoms with E-state index in [4.69, 9.17) is 0 Å². The summed E-state index contributed by atoms with van der Waals surface area (Å²) in [6, 6.07) is 6.60. The molecular weight excluding hydrogens is 146 g/mol. The second kappa shape index (κ2) is 2.81. The quantitative estimate of drug-likeness (QED) is 0.611. The fourth-order valence-electron chi connectivity index (χ4n) is 2.00. The van der Waals surface area contributed by atoms with Crippen molar-refractivity contribution in [2.45, 2.75) is 20.3 Å². The third-order valence-electron chi connectivity index (χ3n) is 2.74. The molecule has 12 heavy (non-hydrogen) atoms. The molecule has 2 rings (SSSR count). The summed E-state index contributed by atoms with van der Waals surface area (Å²) in [5.41, 5.74) is 4.46. The van der Waals surface area contributed by atoms with Gasteiger partial charge in [0.05, 0.1) is 0 Å². The van der Waals surface area contributed by atoms with Crippen molar-refractivity contribution in [2.24, 2.45) is 0 Å². The molecular formula is C11H15N. The average molecular weight is 161 g/mol. The Morgan fingerprint density at radius 2 is 2.25 bits per heavy atom. The number of hydrogen-bond acceptors (Lipinski definition) is 1. The molecule has 0 N–H and O–H groups in total. The fourth-order valence-corrected chi connectivity index (χ4v) is 2.00. The Hall–Kier alpha value is -0.980. The van der Waals surface area contributed by atoms with Gasteiger partial charge in [-0.15, -0.1) is 0 Å². The highest BCUT2D eigenvalue weighted by atomic mass is 15.1. The molecule has 0 bridgehead atoms. The Bertz CT molecular complexity index is 291. The number of hydrogen-bond donors (Lipinski definition) is 0. The van der Waals surface area contributed by atoms with Crippen LogP contribution >= 0.6 is 0 Å². The molecule has 0 unspecified atom stereocenters. The van der Waals surface area contributed by atoms with Gasteiger partial charge in [0, 0.05) is 18.8 Å². The van der Waals surface area contributed by atoms with Crippen LogP contribution < -0.4 is 4.90 Å². The molecule has 0 spiro atoms. The summed E-state index contributed by atoms with van der Waals surface area (Å²) in [6.45, 7) is 6.77. The molecule has 1 aromatic carbocycles. The first-order valence-corrected chi connectivity index (χ1v) is 4.66. The van der Waals surface area contributed by atoms with Crippen LogP contribution in [-0.2, 0) is 6.42 Å². The van der Waals surface area contributed by atoms with Gasteiger partial charge in [0.1, 0.15) is 0 Å². The standard InChI is InChI=1S/C11H15N/c1-3-12-8-7-10-9(2)5-4-6-11(10)12/h4-6H,3,7-8H2,1-2H3. The van der Waals surface area contributed by atoms with E-state index in [1.807, 2.05) is 0 Å². The van der Waals surface area contributed by atoms with Gasteiger partial charge in [0.15, 0.2) is 0 Å². The zero-order valence-corrected chi connectivity index (χ0v) is 7.80. The number of aryl methyl sites for hydroxylation is 1. The van der Waals surface area contributed by atoms with Gasteiger partial charge >= 0.3 is 0 Å². The Morgan fingerprint density at radius 1 is 1.42 bits per heavy atom. The van der Waals surface area contributed by atoms with E-state index in [0.717, 1.165) is 6.54 Å². The SMILES string of the molecule is CCN1CCc2c(C)cccc21. The lowest BCUT2D eigenvalue weighted by Crippen LogP contribution is -2.18. The summed E-state index contributed by atoms with van der Waals surface area (Å²) in [6.07, 6.45) is 1.23. The van der Waals surface area contributed by atoms with E-state index in [2.05, 4.69) is 36.9 Å². The van der Waals surface area contributed by atoms with Gasteiger partial charge in [-0.1, -0.05) is 12.1 Å². The highest BCUT2D eigenvalue weighted by Crippen LogP contribution is 2.29.